The normalized spacial score (nSPS) is 36.8. The van der Waals surface area contributed by atoms with Gasteiger partial charge in [0.15, 0.2) is 0 Å². The van der Waals surface area contributed by atoms with E-state index < -0.39 is 5.54 Å². The Hall–Kier alpha value is -0.200. The molecule has 2 saturated heterocycles. The van der Waals surface area contributed by atoms with Crippen molar-refractivity contribution in [1.29, 1.82) is 0 Å². The Labute approximate surface area is 142 Å². The van der Waals surface area contributed by atoms with Crippen LogP contribution in [0.25, 0.3) is 0 Å². The number of hydrogen-bond donors (Lipinski definition) is 2. The molecule has 0 aromatic carbocycles. The van der Waals surface area contributed by atoms with Gasteiger partial charge in [0.2, 0.25) is 0 Å². The van der Waals surface area contributed by atoms with Crippen LogP contribution < -0.4 is 5.73 Å². The molecule has 2 fully saturated rings. The lowest BCUT2D eigenvalue weighted by atomic mass is 9.77. The molecule has 2 atom stereocenters. The van der Waals surface area contributed by atoms with Crippen molar-refractivity contribution in [1.82, 2.24) is 10.1 Å². The Kier molecular flexibility index (Phi) is 4.71. The van der Waals surface area contributed by atoms with Crippen molar-refractivity contribution in [2.75, 3.05) is 0 Å². The topological polar surface area (TPSA) is 62.0 Å². The molecule has 0 bridgehead atoms. The summed E-state index contributed by atoms with van der Waals surface area (Å²) in [6.07, 6.45) is 3.86. The average molecular weight is 328 g/mol. The maximum Gasteiger partial charge on any atom is 0.114 e. The summed E-state index contributed by atoms with van der Waals surface area (Å²) in [5, 5.41) is 14.3. The summed E-state index contributed by atoms with van der Waals surface area (Å²) in [4.78, 5) is 6.56. The van der Waals surface area contributed by atoms with E-state index in [1.807, 2.05) is 27.7 Å². The van der Waals surface area contributed by atoms with Crippen LogP contribution in [-0.4, -0.2) is 49.6 Å². The van der Waals surface area contributed by atoms with Gasteiger partial charge in [-0.25, -0.2) is 0 Å². The van der Waals surface area contributed by atoms with Crippen molar-refractivity contribution in [3.8, 4) is 0 Å². The first-order valence-corrected chi connectivity index (χ1v) is 8.94. The second-order valence-corrected chi connectivity index (χ2v) is 9.94. The molecule has 0 aromatic heterocycles. The summed E-state index contributed by atoms with van der Waals surface area (Å²) in [5.74, 6) is 0. The second-order valence-electron chi connectivity index (χ2n) is 9.94. The van der Waals surface area contributed by atoms with Crippen LogP contribution in [0.1, 0.15) is 81.1 Å². The molecule has 3 N–H and O–H groups in total. The molecule has 5 nitrogen and oxygen atoms in total. The van der Waals surface area contributed by atoms with Gasteiger partial charge in [-0.15, -0.1) is 0 Å². The highest BCUT2D eigenvalue weighted by molar-refractivity contribution is 5.05. The van der Waals surface area contributed by atoms with Gasteiger partial charge in [0.05, 0.1) is 5.54 Å². The summed E-state index contributed by atoms with van der Waals surface area (Å²) < 4.78 is 0. The molecule has 136 valence electrons. The minimum atomic E-state index is -0.551. The van der Waals surface area contributed by atoms with E-state index in [1.54, 1.807) is 0 Å². The lowest BCUT2D eigenvalue weighted by Crippen LogP contribution is -2.72. The van der Waals surface area contributed by atoms with Crippen molar-refractivity contribution in [2.45, 2.75) is 115 Å². The molecule has 0 spiro atoms. The minimum Gasteiger partial charge on any atom is -0.325 e. The highest BCUT2D eigenvalue weighted by Gasteiger charge is 2.54. The van der Waals surface area contributed by atoms with Crippen molar-refractivity contribution in [2.24, 2.45) is 5.73 Å². The summed E-state index contributed by atoms with van der Waals surface area (Å²) in [6, 6.07) is -0.114. The molecular formula is C18H37N3O2. The molecule has 2 unspecified atom stereocenters. The zero-order chi connectivity index (χ0) is 17.8. The predicted octanol–water partition coefficient (Wildman–Crippen LogP) is 3.31. The molecule has 0 aromatic rings. The van der Waals surface area contributed by atoms with Crippen LogP contribution >= 0.6 is 0 Å². The summed E-state index contributed by atoms with van der Waals surface area (Å²) in [5.41, 5.74) is 5.52. The average Bonchev–Trinajstić information content (AvgIpc) is 2.33. The van der Waals surface area contributed by atoms with E-state index in [-0.39, 0.29) is 28.8 Å². The van der Waals surface area contributed by atoms with E-state index in [0.29, 0.717) is 6.42 Å². The zero-order valence-corrected chi connectivity index (χ0v) is 16.3. The first-order chi connectivity index (χ1) is 10.2. The minimum absolute atomic E-state index is 0.0369. The number of rotatable bonds is 2. The molecule has 23 heavy (non-hydrogen) atoms. The van der Waals surface area contributed by atoms with E-state index in [2.05, 4.69) is 32.8 Å². The van der Waals surface area contributed by atoms with E-state index in [9.17, 15) is 5.21 Å². The van der Waals surface area contributed by atoms with Crippen LogP contribution in [-0.2, 0) is 4.84 Å². The summed E-state index contributed by atoms with van der Waals surface area (Å²) in [6.45, 7) is 17.0. The number of nitrogens with zero attached hydrogens (tertiary/aromatic N) is 2. The van der Waals surface area contributed by atoms with E-state index in [0.717, 1.165) is 12.8 Å². The number of piperidine rings is 2. The molecule has 0 saturated carbocycles. The first-order valence-electron chi connectivity index (χ1n) is 8.94. The quantitative estimate of drug-likeness (QED) is 0.815. The SMILES string of the molecule is CC1(C)CCCC(C)(C)N1OC1C(N)CC(C)(C)N(O)C1(C)C. The third kappa shape index (κ3) is 3.31. The van der Waals surface area contributed by atoms with Crippen molar-refractivity contribution in [3.05, 3.63) is 0 Å². The maximum atomic E-state index is 10.7. The fourth-order valence-corrected chi connectivity index (χ4v) is 4.78. The summed E-state index contributed by atoms with van der Waals surface area (Å²) >= 11 is 0. The highest BCUT2D eigenvalue weighted by atomic mass is 16.7. The van der Waals surface area contributed by atoms with Crippen LogP contribution in [0, 0.1) is 0 Å². The fourth-order valence-electron chi connectivity index (χ4n) is 4.78. The monoisotopic (exact) mass is 327 g/mol. The molecule has 0 amide bonds. The van der Waals surface area contributed by atoms with Crippen LogP contribution in [0.2, 0.25) is 0 Å². The number of hydrogen-bond acceptors (Lipinski definition) is 5. The van der Waals surface area contributed by atoms with E-state index in [4.69, 9.17) is 10.6 Å². The molecule has 2 heterocycles. The fraction of sp³-hybridized carbons (Fsp3) is 1.00. The van der Waals surface area contributed by atoms with Gasteiger partial charge >= 0.3 is 0 Å². The second kappa shape index (κ2) is 5.67. The van der Waals surface area contributed by atoms with E-state index in [1.165, 1.54) is 11.5 Å². The lowest BCUT2D eigenvalue weighted by molar-refractivity contribution is -0.361. The molecular weight excluding hydrogens is 290 g/mol. The standard InChI is InChI=1S/C18H37N3O2/c1-15(2)10-9-11-16(3,4)21(15)23-14-13(19)12-17(5,6)20(22)18(14,7)8/h13-14,22H,9-12,19H2,1-8H3. The van der Waals surface area contributed by atoms with Crippen molar-refractivity contribution >= 4 is 0 Å². The first kappa shape index (κ1) is 19.1. The summed E-state index contributed by atoms with van der Waals surface area (Å²) in [7, 11) is 0. The zero-order valence-electron chi connectivity index (χ0n) is 16.3. The van der Waals surface area contributed by atoms with Gasteiger partial charge in [0.25, 0.3) is 0 Å². The number of hydroxylamine groups is 4. The highest BCUT2D eigenvalue weighted by Crippen LogP contribution is 2.43. The van der Waals surface area contributed by atoms with Gasteiger partial charge < -0.3 is 10.9 Å². The third-order valence-corrected chi connectivity index (χ3v) is 5.84. The van der Waals surface area contributed by atoms with Crippen LogP contribution in [0.3, 0.4) is 0 Å². The Bertz CT molecular complexity index is 430. The molecule has 0 aliphatic carbocycles. The molecule has 2 aliphatic heterocycles. The van der Waals surface area contributed by atoms with Crippen LogP contribution in [0.4, 0.5) is 0 Å². The Morgan fingerprint density at radius 3 is 1.87 bits per heavy atom. The Morgan fingerprint density at radius 1 is 0.913 bits per heavy atom. The van der Waals surface area contributed by atoms with Gasteiger partial charge in [-0.1, -0.05) is 0 Å². The Morgan fingerprint density at radius 2 is 1.39 bits per heavy atom. The van der Waals surface area contributed by atoms with Gasteiger partial charge in [-0.05, 0) is 81.1 Å². The van der Waals surface area contributed by atoms with Crippen molar-refractivity contribution in [3.63, 3.8) is 0 Å². The smallest absolute Gasteiger partial charge is 0.114 e. The predicted molar refractivity (Wildman–Crippen MR) is 93.1 cm³/mol. The van der Waals surface area contributed by atoms with Gasteiger partial charge in [-0.3, -0.25) is 4.84 Å². The van der Waals surface area contributed by atoms with Gasteiger partial charge in [0.1, 0.15) is 6.10 Å². The van der Waals surface area contributed by atoms with Gasteiger partial charge in [-0.2, -0.15) is 10.1 Å². The van der Waals surface area contributed by atoms with E-state index >= 15 is 0 Å². The lowest BCUT2D eigenvalue weighted by Gasteiger charge is -2.59. The molecule has 2 aliphatic rings. The van der Waals surface area contributed by atoms with Crippen LogP contribution in [0.15, 0.2) is 0 Å². The largest absolute Gasteiger partial charge is 0.325 e. The third-order valence-electron chi connectivity index (χ3n) is 5.84. The molecule has 0 radical (unpaired) electrons. The number of nitrogens with two attached hydrogens (primary N) is 1. The van der Waals surface area contributed by atoms with Crippen molar-refractivity contribution < 1.29 is 10.0 Å². The Balaban J connectivity index is 2.30. The molecule has 5 heteroatoms. The van der Waals surface area contributed by atoms with Gasteiger partial charge in [0, 0.05) is 22.7 Å². The molecule has 2 rings (SSSR count). The maximum absolute atomic E-state index is 10.7. The van der Waals surface area contributed by atoms with Crippen LogP contribution in [0.5, 0.6) is 0 Å².